The molecule has 0 spiro atoms. The maximum Gasteiger partial charge on any atom is 0.260 e. The lowest BCUT2D eigenvalue weighted by atomic mass is 9.86. The van der Waals surface area contributed by atoms with Crippen LogP contribution in [0.5, 0.6) is 11.5 Å². The second-order valence-corrected chi connectivity index (χ2v) is 7.35. The van der Waals surface area contributed by atoms with Crippen molar-refractivity contribution >= 4 is 17.8 Å². The molecule has 1 aliphatic heterocycles. The van der Waals surface area contributed by atoms with Crippen LogP contribution in [0.25, 0.3) is 6.08 Å². The second kappa shape index (κ2) is 9.13. The van der Waals surface area contributed by atoms with Crippen LogP contribution in [-0.2, 0) is 16.0 Å². The number of aryl methyl sites for hydroxylation is 1. The van der Waals surface area contributed by atoms with Gasteiger partial charge in [-0.1, -0.05) is 30.3 Å². The molecule has 2 aromatic rings. The Hall–Kier alpha value is -3.12. The first kappa shape index (κ1) is 20.2. The van der Waals surface area contributed by atoms with Crippen molar-refractivity contribution in [2.24, 2.45) is 0 Å². The fourth-order valence-electron chi connectivity index (χ4n) is 3.79. The lowest BCUT2D eigenvalue weighted by molar-refractivity contribution is -0.137. The van der Waals surface area contributed by atoms with E-state index in [2.05, 4.69) is 0 Å². The van der Waals surface area contributed by atoms with Gasteiger partial charge < -0.3 is 19.1 Å². The number of benzene rings is 2. The van der Waals surface area contributed by atoms with Crippen molar-refractivity contribution in [3.8, 4) is 11.5 Å². The number of allylic oxidation sites excluding steroid dienone is 1. The average molecular weight is 407 g/mol. The molecule has 30 heavy (non-hydrogen) atoms. The normalized spacial score (nSPS) is 17.6. The SMILES string of the molecule is COc1cc(/C=C2\CCc3ccccc3C2=O)ccc1OCC(=O)N1CCOCC1. The maximum absolute atomic E-state index is 12.8. The maximum atomic E-state index is 12.8. The van der Waals surface area contributed by atoms with Gasteiger partial charge in [0.15, 0.2) is 23.9 Å². The highest BCUT2D eigenvalue weighted by atomic mass is 16.5. The molecular formula is C24H25NO5. The smallest absolute Gasteiger partial charge is 0.260 e. The van der Waals surface area contributed by atoms with Crippen molar-refractivity contribution in [3.05, 3.63) is 64.7 Å². The molecule has 6 nitrogen and oxygen atoms in total. The van der Waals surface area contributed by atoms with Gasteiger partial charge in [-0.15, -0.1) is 0 Å². The number of hydrogen-bond donors (Lipinski definition) is 0. The summed E-state index contributed by atoms with van der Waals surface area (Å²) < 4.78 is 16.4. The molecule has 2 aromatic carbocycles. The first-order valence-corrected chi connectivity index (χ1v) is 10.2. The summed E-state index contributed by atoms with van der Waals surface area (Å²) in [4.78, 5) is 26.8. The van der Waals surface area contributed by atoms with Crippen LogP contribution in [0.15, 0.2) is 48.0 Å². The van der Waals surface area contributed by atoms with Crippen LogP contribution in [0.4, 0.5) is 0 Å². The molecule has 1 heterocycles. The fraction of sp³-hybridized carbons (Fsp3) is 0.333. The molecule has 4 rings (SSSR count). The quantitative estimate of drug-likeness (QED) is 0.713. The predicted molar refractivity (Wildman–Crippen MR) is 113 cm³/mol. The minimum Gasteiger partial charge on any atom is -0.493 e. The number of carbonyl (C=O) groups is 2. The molecule has 0 N–H and O–H groups in total. The molecule has 0 unspecified atom stereocenters. The lowest BCUT2D eigenvalue weighted by Crippen LogP contribution is -2.43. The number of nitrogens with zero attached hydrogens (tertiary/aromatic N) is 1. The Morgan fingerprint density at radius 1 is 1.10 bits per heavy atom. The average Bonchev–Trinajstić information content (AvgIpc) is 2.80. The summed E-state index contributed by atoms with van der Waals surface area (Å²) in [5, 5.41) is 0. The van der Waals surface area contributed by atoms with Crippen molar-refractivity contribution in [1.29, 1.82) is 0 Å². The van der Waals surface area contributed by atoms with Gasteiger partial charge in [0.05, 0.1) is 20.3 Å². The molecule has 0 saturated carbocycles. The van der Waals surface area contributed by atoms with Gasteiger partial charge in [0, 0.05) is 24.2 Å². The molecular weight excluding hydrogens is 382 g/mol. The van der Waals surface area contributed by atoms with Crippen molar-refractivity contribution in [1.82, 2.24) is 4.90 Å². The Balaban J connectivity index is 1.46. The highest BCUT2D eigenvalue weighted by molar-refractivity contribution is 6.13. The van der Waals surface area contributed by atoms with E-state index in [0.717, 1.165) is 28.7 Å². The van der Waals surface area contributed by atoms with Crippen LogP contribution in [0, 0.1) is 0 Å². The van der Waals surface area contributed by atoms with E-state index in [1.165, 1.54) is 0 Å². The van der Waals surface area contributed by atoms with E-state index >= 15 is 0 Å². The number of methoxy groups -OCH3 is 1. The summed E-state index contributed by atoms with van der Waals surface area (Å²) in [7, 11) is 1.56. The van der Waals surface area contributed by atoms with Gasteiger partial charge in [-0.25, -0.2) is 0 Å². The van der Waals surface area contributed by atoms with Crippen molar-refractivity contribution in [2.75, 3.05) is 40.0 Å². The van der Waals surface area contributed by atoms with Crippen molar-refractivity contribution in [3.63, 3.8) is 0 Å². The molecule has 0 bridgehead atoms. The zero-order chi connectivity index (χ0) is 20.9. The van der Waals surface area contributed by atoms with E-state index in [-0.39, 0.29) is 18.3 Å². The number of ether oxygens (including phenoxy) is 3. The first-order chi connectivity index (χ1) is 14.7. The molecule has 1 amide bonds. The summed E-state index contributed by atoms with van der Waals surface area (Å²) in [6.07, 6.45) is 3.48. The Morgan fingerprint density at radius 3 is 2.70 bits per heavy atom. The highest BCUT2D eigenvalue weighted by Gasteiger charge is 2.22. The Morgan fingerprint density at radius 2 is 1.90 bits per heavy atom. The molecule has 156 valence electrons. The van der Waals surface area contributed by atoms with E-state index in [1.807, 2.05) is 42.5 Å². The summed E-state index contributed by atoms with van der Waals surface area (Å²) in [6, 6.07) is 13.2. The number of Topliss-reactive ketones (excluding diaryl/α,β-unsaturated/α-hetero) is 1. The zero-order valence-corrected chi connectivity index (χ0v) is 17.1. The van der Waals surface area contributed by atoms with Crippen molar-refractivity contribution in [2.45, 2.75) is 12.8 Å². The van der Waals surface area contributed by atoms with Crippen LogP contribution < -0.4 is 9.47 Å². The van der Waals surface area contributed by atoms with Gasteiger partial charge in [-0.2, -0.15) is 0 Å². The second-order valence-electron chi connectivity index (χ2n) is 7.35. The molecule has 0 atom stereocenters. The molecule has 2 aliphatic rings. The molecule has 6 heteroatoms. The number of fused-ring (bicyclic) bond motifs is 1. The van der Waals surface area contributed by atoms with E-state index < -0.39 is 0 Å². The predicted octanol–water partition coefficient (Wildman–Crippen LogP) is 3.15. The molecule has 0 aromatic heterocycles. The van der Waals surface area contributed by atoms with Gasteiger partial charge in [-0.3, -0.25) is 9.59 Å². The summed E-state index contributed by atoms with van der Waals surface area (Å²) in [6.45, 7) is 2.24. The Kier molecular flexibility index (Phi) is 6.14. The zero-order valence-electron chi connectivity index (χ0n) is 17.1. The minimum absolute atomic E-state index is 0.0495. The molecule has 1 fully saturated rings. The third-order valence-corrected chi connectivity index (χ3v) is 5.46. The summed E-state index contributed by atoms with van der Waals surface area (Å²) >= 11 is 0. The molecule has 0 radical (unpaired) electrons. The van der Waals surface area contributed by atoms with Gasteiger partial charge >= 0.3 is 0 Å². The summed E-state index contributed by atoms with van der Waals surface area (Å²) in [5.74, 6) is 1.04. The highest BCUT2D eigenvalue weighted by Crippen LogP contribution is 2.31. The number of amides is 1. The van der Waals surface area contributed by atoms with Crippen LogP contribution in [0.2, 0.25) is 0 Å². The monoisotopic (exact) mass is 407 g/mol. The van der Waals surface area contributed by atoms with Gasteiger partial charge in [-0.05, 0) is 42.2 Å². The van der Waals surface area contributed by atoms with Crippen LogP contribution in [0.1, 0.15) is 27.9 Å². The van der Waals surface area contributed by atoms with Crippen molar-refractivity contribution < 1.29 is 23.8 Å². The Bertz CT molecular complexity index is 975. The largest absolute Gasteiger partial charge is 0.493 e. The number of morpholine rings is 1. The topological polar surface area (TPSA) is 65.1 Å². The Labute approximate surface area is 176 Å². The number of rotatable bonds is 5. The molecule has 1 aliphatic carbocycles. The summed E-state index contributed by atoms with van der Waals surface area (Å²) in [5.41, 5.74) is 3.53. The van der Waals surface area contributed by atoms with E-state index in [9.17, 15) is 9.59 Å². The third-order valence-electron chi connectivity index (χ3n) is 5.46. The van der Waals surface area contributed by atoms with Gasteiger partial charge in [0.2, 0.25) is 0 Å². The van der Waals surface area contributed by atoms with Crippen LogP contribution in [0.3, 0.4) is 0 Å². The van der Waals surface area contributed by atoms with E-state index in [0.29, 0.717) is 44.2 Å². The number of ketones is 1. The number of carbonyl (C=O) groups excluding carboxylic acids is 2. The van der Waals surface area contributed by atoms with Crippen LogP contribution >= 0.6 is 0 Å². The van der Waals surface area contributed by atoms with Gasteiger partial charge in [0.25, 0.3) is 5.91 Å². The standard InChI is InChI=1S/C24H25NO5/c1-28-22-15-17(14-19-8-7-18-4-2-3-5-20(18)24(19)27)6-9-21(22)30-16-23(26)25-10-12-29-13-11-25/h2-6,9,14-15H,7-8,10-13,16H2,1H3/b19-14+. The lowest BCUT2D eigenvalue weighted by Gasteiger charge is -2.26. The molecule has 1 saturated heterocycles. The van der Waals surface area contributed by atoms with E-state index in [4.69, 9.17) is 14.2 Å². The third kappa shape index (κ3) is 4.39. The first-order valence-electron chi connectivity index (χ1n) is 10.2. The van der Waals surface area contributed by atoms with Crippen LogP contribution in [-0.4, -0.2) is 56.6 Å². The van der Waals surface area contributed by atoms with E-state index in [1.54, 1.807) is 18.1 Å². The fourth-order valence-corrected chi connectivity index (χ4v) is 3.79. The minimum atomic E-state index is -0.0713. The van der Waals surface area contributed by atoms with Gasteiger partial charge in [0.1, 0.15) is 0 Å². The number of hydrogen-bond acceptors (Lipinski definition) is 5.